The summed E-state index contributed by atoms with van der Waals surface area (Å²) in [7, 11) is 0. The Morgan fingerprint density at radius 1 is 1.13 bits per heavy atom. The maximum atomic E-state index is 8.54. The SMILES string of the molecule is [N-]=[N+]=N[C@H]1CCCC[C@H]1c1ccccc1. The molecular weight excluding hydrogens is 186 g/mol. The Labute approximate surface area is 89.7 Å². The predicted octanol–water partition coefficient (Wildman–Crippen LogP) is 4.02. The van der Waals surface area contributed by atoms with Gasteiger partial charge in [-0.05, 0) is 29.9 Å². The van der Waals surface area contributed by atoms with Gasteiger partial charge in [0.25, 0.3) is 0 Å². The molecule has 1 aliphatic rings. The van der Waals surface area contributed by atoms with Crippen LogP contribution in [0.3, 0.4) is 0 Å². The van der Waals surface area contributed by atoms with Crippen LogP contribution >= 0.6 is 0 Å². The lowest BCUT2D eigenvalue weighted by molar-refractivity contribution is 0.385. The number of hydrogen-bond acceptors (Lipinski definition) is 1. The summed E-state index contributed by atoms with van der Waals surface area (Å²) in [5.41, 5.74) is 9.86. The van der Waals surface area contributed by atoms with Crippen LogP contribution in [0, 0.1) is 0 Å². The van der Waals surface area contributed by atoms with Crippen LogP contribution in [0.5, 0.6) is 0 Å². The maximum absolute atomic E-state index is 8.54. The van der Waals surface area contributed by atoms with Crippen molar-refractivity contribution >= 4 is 0 Å². The van der Waals surface area contributed by atoms with Gasteiger partial charge in [-0.15, -0.1) is 0 Å². The summed E-state index contributed by atoms with van der Waals surface area (Å²) in [5, 5.41) is 3.92. The highest BCUT2D eigenvalue weighted by Crippen LogP contribution is 2.34. The molecular formula is C12H15N3. The fourth-order valence-corrected chi connectivity index (χ4v) is 2.40. The summed E-state index contributed by atoms with van der Waals surface area (Å²) < 4.78 is 0. The van der Waals surface area contributed by atoms with Crippen molar-refractivity contribution in [1.82, 2.24) is 0 Å². The Morgan fingerprint density at radius 2 is 1.87 bits per heavy atom. The van der Waals surface area contributed by atoms with Crippen LogP contribution in [0.25, 0.3) is 10.4 Å². The molecule has 0 bridgehead atoms. The van der Waals surface area contributed by atoms with Gasteiger partial charge in [0.15, 0.2) is 0 Å². The molecule has 1 saturated carbocycles. The Balaban J connectivity index is 2.21. The molecule has 0 saturated heterocycles. The lowest BCUT2D eigenvalue weighted by atomic mass is 9.80. The Kier molecular flexibility index (Phi) is 3.25. The molecule has 0 unspecified atom stereocenters. The van der Waals surface area contributed by atoms with E-state index in [-0.39, 0.29) is 6.04 Å². The first-order chi connectivity index (χ1) is 7.42. The van der Waals surface area contributed by atoms with Crippen LogP contribution in [0.15, 0.2) is 35.4 Å². The Bertz CT molecular complexity index is 354. The lowest BCUT2D eigenvalue weighted by Gasteiger charge is -2.28. The summed E-state index contributed by atoms with van der Waals surface area (Å²) in [6.07, 6.45) is 4.61. The van der Waals surface area contributed by atoms with E-state index < -0.39 is 0 Å². The lowest BCUT2D eigenvalue weighted by Crippen LogP contribution is -2.20. The van der Waals surface area contributed by atoms with E-state index in [4.69, 9.17) is 5.53 Å². The molecule has 3 heteroatoms. The maximum Gasteiger partial charge on any atom is 0.0442 e. The van der Waals surface area contributed by atoms with Gasteiger partial charge in [0.05, 0.1) is 0 Å². The molecule has 1 fully saturated rings. The largest absolute Gasteiger partial charge is 0.0900 e. The Hall–Kier alpha value is -1.47. The van der Waals surface area contributed by atoms with Crippen molar-refractivity contribution in [2.45, 2.75) is 37.6 Å². The van der Waals surface area contributed by atoms with Gasteiger partial charge in [-0.25, -0.2) is 0 Å². The first-order valence-electron chi connectivity index (χ1n) is 5.51. The van der Waals surface area contributed by atoms with E-state index in [2.05, 4.69) is 34.3 Å². The van der Waals surface area contributed by atoms with Crippen molar-refractivity contribution in [3.8, 4) is 0 Å². The number of benzene rings is 1. The van der Waals surface area contributed by atoms with Gasteiger partial charge in [-0.3, -0.25) is 0 Å². The van der Waals surface area contributed by atoms with Gasteiger partial charge < -0.3 is 0 Å². The van der Waals surface area contributed by atoms with Gasteiger partial charge in [-0.2, -0.15) is 0 Å². The highest BCUT2D eigenvalue weighted by atomic mass is 15.1. The average molecular weight is 201 g/mol. The van der Waals surface area contributed by atoms with Crippen molar-refractivity contribution in [3.63, 3.8) is 0 Å². The molecule has 0 N–H and O–H groups in total. The normalized spacial score (nSPS) is 25.6. The monoisotopic (exact) mass is 201 g/mol. The smallest absolute Gasteiger partial charge is 0.0442 e. The summed E-state index contributed by atoms with van der Waals surface area (Å²) in [6.45, 7) is 0. The third-order valence-electron chi connectivity index (χ3n) is 3.16. The molecule has 3 nitrogen and oxygen atoms in total. The van der Waals surface area contributed by atoms with Crippen LogP contribution in [0.2, 0.25) is 0 Å². The topological polar surface area (TPSA) is 48.8 Å². The zero-order chi connectivity index (χ0) is 10.5. The quantitative estimate of drug-likeness (QED) is 0.394. The van der Waals surface area contributed by atoms with Gasteiger partial charge in [0, 0.05) is 11.0 Å². The molecule has 1 aromatic carbocycles. The number of azide groups is 1. The van der Waals surface area contributed by atoms with Crippen molar-refractivity contribution in [1.29, 1.82) is 0 Å². The highest BCUT2D eigenvalue weighted by molar-refractivity contribution is 5.22. The van der Waals surface area contributed by atoms with E-state index in [1.807, 2.05) is 6.07 Å². The van der Waals surface area contributed by atoms with Crippen LogP contribution in [-0.2, 0) is 0 Å². The van der Waals surface area contributed by atoms with E-state index in [1.54, 1.807) is 0 Å². The minimum absolute atomic E-state index is 0.158. The first-order valence-corrected chi connectivity index (χ1v) is 5.51. The second kappa shape index (κ2) is 4.85. The summed E-state index contributed by atoms with van der Waals surface area (Å²) >= 11 is 0. The third-order valence-corrected chi connectivity index (χ3v) is 3.16. The Morgan fingerprint density at radius 3 is 2.60 bits per heavy atom. The van der Waals surface area contributed by atoms with Crippen molar-refractivity contribution in [2.75, 3.05) is 0 Å². The standard InChI is InChI=1S/C12H15N3/c13-15-14-12-9-5-4-8-11(12)10-6-2-1-3-7-10/h1-3,6-7,11-12H,4-5,8-9H2/t11-,12-/m0/s1. The molecule has 0 heterocycles. The molecule has 0 aliphatic heterocycles. The van der Waals surface area contributed by atoms with Gasteiger partial charge >= 0.3 is 0 Å². The molecule has 0 aromatic heterocycles. The number of nitrogens with zero attached hydrogens (tertiary/aromatic N) is 3. The van der Waals surface area contributed by atoms with E-state index in [0.29, 0.717) is 5.92 Å². The first kappa shape index (κ1) is 10.1. The fraction of sp³-hybridized carbons (Fsp3) is 0.500. The van der Waals surface area contributed by atoms with Crippen molar-refractivity contribution < 1.29 is 0 Å². The minimum Gasteiger partial charge on any atom is -0.0900 e. The third kappa shape index (κ3) is 2.31. The summed E-state index contributed by atoms with van der Waals surface area (Å²) in [5.74, 6) is 0.427. The van der Waals surface area contributed by atoms with E-state index in [9.17, 15) is 0 Å². The van der Waals surface area contributed by atoms with Gasteiger partial charge in [0.1, 0.15) is 0 Å². The number of rotatable bonds is 2. The molecule has 15 heavy (non-hydrogen) atoms. The van der Waals surface area contributed by atoms with E-state index >= 15 is 0 Å². The average Bonchev–Trinajstić information content (AvgIpc) is 2.31. The highest BCUT2D eigenvalue weighted by Gasteiger charge is 2.25. The van der Waals surface area contributed by atoms with Gasteiger partial charge in [0.2, 0.25) is 0 Å². The van der Waals surface area contributed by atoms with Crippen LogP contribution in [-0.4, -0.2) is 6.04 Å². The molecule has 0 radical (unpaired) electrons. The second-order valence-electron chi connectivity index (χ2n) is 4.07. The van der Waals surface area contributed by atoms with Gasteiger partial charge in [-0.1, -0.05) is 48.3 Å². The van der Waals surface area contributed by atoms with E-state index in [0.717, 1.165) is 12.8 Å². The van der Waals surface area contributed by atoms with Crippen LogP contribution in [0.1, 0.15) is 37.2 Å². The zero-order valence-electron chi connectivity index (χ0n) is 8.71. The molecule has 2 rings (SSSR count). The van der Waals surface area contributed by atoms with Crippen LogP contribution in [0.4, 0.5) is 0 Å². The molecule has 78 valence electrons. The van der Waals surface area contributed by atoms with Crippen molar-refractivity contribution in [2.24, 2.45) is 5.11 Å². The van der Waals surface area contributed by atoms with Crippen LogP contribution < -0.4 is 0 Å². The molecule has 1 aliphatic carbocycles. The molecule has 0 spiro atoms. The predicted molar refractivity (Wildman–Crippen MR) is 60.6 cm³/mol. The number of hydrogen-bond donors (Lipinski definition) is 0. The molecule has 1 aromatic rings. The fourth-order valence-electron chi connectivity index (χ4n) is 2.40. The zero-order valence-corrected chi connectivity index (χ0v) is 8.71. The van der Waals surface area contributed by atoms with Crippen molar-refractivity contribution in [3.05, 3.63) is 46.3 Å². The molecule has 2 atom stereocenters. The minimum atomic E-state index is 0.158. The summed E-state index contributed by atoms with van der Waals surface area (Å²) in [6, 6.07) is 10.6. The second-order valence-corrected chi connectivity index (χ2v) is 4.07. The molecule has 0 amide bonds. The van der Waals surface area contributed by atoms with E-state index in [1.165, 1.54) is 18.4 Å². The summed E-state index contributed by atoms with van der Waals surface area (Å²) in [4.78, 5) is 2.96.